The van der Waals surface area contributed by atoms with Crippen LogP contribution in [0.15, 0.2) is 24.3 Å². The minimum absolute atomic E-state index is 0.130. The topological polar surface area (TPSA) is 87.7 Å². The second-order valence-electron chi connectivity index (χ2n) is 5.29. The average molecular weight is 319 g/mol. The summed E-state index contributed by atoms with van der Waals surface area (Å²) in [5.74, 6) is -0.400. The first-order valence-electron chi connectivity index (χ1n) is 7.52. The van der Waals surface area contributed by atoms with E-state index in [9.17, 15) is 14.4 Å². The Morgan fingerprint density at radius 1 is 1.17 bits per heavy atom. The van der Waals surface area contributed by atoms with Crippen molar-refractivity contribution in [3.8, 4) is 0 Å². The molecule has 1 saturated heterocycles. The van der Waals surface area contributed by atoms with Crippen molar-refractivity contribution >= 4 is 23.4 Å². The van der Waals surface area contributed by atoms with Crippen LogP contribution in [-0.2, 0) is 25.7 Å². The van der Waals surface area contributed by atoms with Crippen molar-refractivity contribution < 1.29 is 19.1 Å². The summed E-state index contributed by atoms with van der Waals surface area (Å²) in [6.45, 7) is 1.66. The lowest BCUT2D eigenvalue weighted by atomic mass is 10.2. The van der Waals surface area contributed by atoms with E-state index in [-0.39, 0.29) is 30.8 Å². The lowest BCUT2D eigenvalue weighted by Crippen LogP contribution is -2.30. The van der Waals surface area contributed by atoms with Crippen molar-refractivity contribution in [1.82, 2.24) is 10.2 Å². The largest absolute Gasteiger partial charge is 0.383 e. The number of carbonyl (C=O) groups is 3. The van der Waals surface area contributed by atoms with Gasteiger partial charge < -0.3 is 15.4 Å². The molecule has 0 aliphatic carbocycles. The molecule has 1 aliphatic heterocycles. The number of rotatable bonds is 8. The average Bonchev–Trinajstić information content (AvgIpc) is 2.85. The van der Waals surface area contributed by atoms with Gasteiger partial charge >= 0.3 is 0 Å². The van der Waals surface area contributed by atoms with Crippen LogP contribution >= 0.6 is 0 Å². The fourth-order valence-electron chi connectivity index (χ4n) is 2.26. The zero-order valence-electron chi connectivity index (χ0n) is 13.1. The monoisotopic (exact) mass is 319 g/mol. The van der Waals surface area contributed by atoms with Gasteiger partial charge in [-0.05, 0) is 17.7 Å². The highest BCUT2D eigenvalue weighted by atomic mass is 16.5. The molecular formula is C16H21N3O4. The molecule has 7 nitrogen and oxygen atoms in total. The molecule has 1 fully saturated rings. The van der Waals surface area contributed by atoms with E-state index in [0.29, 0.717) is 31.7 Å². The normalized spacial score (nSPS) is 14.4. The Labute approximate surface area is 135 Å². The maximum absolute atomic E-state index is 11.7. The molecule has 1 heterocycles. The minimum Gasteiger partial charge on any atom is -0.383 e. The third-order valence-corrected chi connectivity index (χ3v) is 3.50. The van der Waals surface area contributed by atoms with Crippen molar-refractivity contribution in [2.24, 2.45) is 0 Å². The summed E-state index contributed by atoms with van der Waals surface area (Å²) in [6, 6.07) is 7.11. The Morgan fingerprint density at radius 3 is 2.43 bits per heavy atom. The Bertz CT molecular complexity index is 555. The molecule has 2 N–H and O–H groups in total. The number of hydrogen-bond acceptors (Lipinski definition) is 5. The van der Waals surface area contributed by atoms with Gasteiger partial charge in [0.25, 0.3) is 0 Å². The standard InChI is InChI=1S/C16H21N3O4/c1-23-9-8-17-10-14(20)18-13-4-2-12(3-5-13)11-19-15(21)6-7-16(19)22/h2-5,17H,6-11H2,1H3,(H,18,20). The SMILES string of the molecule is COCCNCC(=O)Nc1ccc(CN2C(=O)CCC2=O)cc1. The van der Waals surface area contributed by atoms with Crippen LogP contribution in [0.5, 0.6) is 0 Å². The van der Waals surface area contributed by atoms with E-state index < -0.39 is 0 Å². The number of methoxy groups -OCH3 is 1. The number of amides is 3. The first kappa shape index (κ1) is 17.1. The molecule has 0 saturated carbocycles. The van der Waals surface area contributed by atoms with Crippen LogP contribution < -0.4 is 10.6 Å². The van der Waals surface area contributed by atoms with Crippen LogP contribution in [0, 0.1) is 0 Å². The Hall–Kier alpha value is -2.25. The molecule has 2 rings (SSSR count). The summed E-state index contributed by atoms with van der Waals surface area (Å²) in [5.41, 5.74) is 1.52. The first-order chi connectivity index (χ1) is 11.1. The van der Waals surface area contributed by atoms with Crippen LogP contribution in [0.25, 0.3) is 0 Å². The fourth-order valence-corrected chi connectivity index (χ4v) is 2.26. The molecule has 0 bridgehead atoms. The zero-order chi connectivity index (χ0) is 16.7. The summed E-state index contributed by atoms with van der Waals surface area (Å²) in [7, 11) is 1.60. The number of carbonyl (C=O) groups excluding carboxylic acids is 3. The molecule has 0 atom stereocenters. The van der Waals surface area contributed by atoms with Gasteiger partial charge in [0.05, 0.1) is 19.7 Å². The number of hydrogen-bond donors (Lipinski definition) is 2. The Kier molecular flexibility index (Phi) is 6.25. The van der Waals surface area contributed by atoms with Crippen molar-refractivity contribution in [3.63, 3.8) is 0 Å². The molecule has 0 aromatic heterocycles. The smallest absolute Gasteiger partial charge is 0.238 e. The molecule has 1 aromatic carbocycles. The second kappa shape index (κ2) is 8.40. The number of anilines is 1. The highest BCUT2D eigenvalue weighted by Gasteiger charge is 2.28. The van der Waals surface area contributed by atoms with E-state index in [1.54, 1.807) is 31.4 Å². The van der Waals surface area contributed by atoms with E-state index in [0.717, 1.165) is 5.56 Å². The van der Waals surface area contributed by atoms with Gasteiger partial charge in [-0.1, -0.05) is 12.1 Å². The predicted molar refractivity (Wildman–Crippen MR) is 84.6 cm³/mol. The van der Waals surface area contributed by atoms with Gasteiger partial charge in [-0.15, -0.1) is 0 Å². The molecule has 23 heavy (non-hydrogen) atoms. The highest BCUT2D eigenvalue weighted by molar-refractivity contribution is 6.01. The number of nitrogens with one attached hydrogen (secondary N) is 2. The molecule has 1 aliphatic rings. The number of ether oxygens (including phenoxy) is 1. The lowest BCUT2D eigenvalue weighted by molar-refractivity contribution is -0.139. The van der Waals surface area contributed by atoms with Crippen LogP contribution in [0.3, 0.4) is 0 Å². The quantitative estimate of drug-likeness (QED) is 0.538. The van der Waals surface area contributed by atoms with Crippen LogP contribution in [0.1, 0.15) is 18.4 Å². The van der Waals surface area contributed by atoms with Gasteiger partial charge in [-0.2, -0.15) is 0 Å². The third-order valence-electron chi connectivity index (χ3n) is 3.50. The summed E-state index contributed by atoms with van der Waals surface area (Å²) in [6.07, 6.45) is 0.589. The van der Waals surface area contributed by atoms with E-state index in [4.69, 9.17) is 4.74 Å². The highest BCUT2D eigenvalue weighted by Crippen LogP contribution is 2.17. The maximum atomic E-state index is 11.7. The van der Waals surface area contributed by atoms with Gasteiger partial charge in [0.2, 0.25) is 17.7 Å². The van der Waals surface area contributed by atoms with E-state index in [1.165, 1.54) is 4.90 Å². The van der Waals surface area contributed by atoms with Crippen molar-refractivity contribution in [2.45, 2.75) is 19.4 Å². The molecule has 124 valence electrons. The van der Waals surface area contributed by atoms with Gasteiger partial charge in [0.1, 0.15) is 0 Å². The molecule has 3 amide bonds. The first-order valence-corrected chi connectivity index (χ1v) is 7.52. The van der Waals surface area contributed by atoms with E-state index >= 15 is 0 Å². The van der Waals surface area contributed by atoms with Gasteiger partial charge in [0, 0.05) is 32.2 Å². The van der Waals surface area contributed by atoms with Crippen molar-refractivity contribution in [3.05, 3.63) is 29.8 Å². The summed E-state index contributed by atoms with van der Waals surface area (Å²) >= 11 is 0. The molecule has 0 radical (unpaired) electrons. The van der Waals surface area contributed by atoms with E-state index in [2.05, 4.69) is 10.6 Å². The Morgan fingerprint density at radius 2 is 1.83 bits per heavy atom. The summed E-state index contributed by atoms with van der Waals surface area (Å²) < 4.78 is 4.88. The molecule has 0 spiro atoms. The number of nitrogens with zero attached hydrogens (tertiary/aromatic N) is 1. The van der Waals surface area contributed by atoms with E-state index in [1.807, 2.05) is 0 Å². The summed E-state index contributed by atoms with van der Waals surface area (Å²) in [4.78, 5) is 36.1. The minimum atomic E-state index is -0.140. The third kappa shape index (κ3) is 5.15. The number of imide groups is 1. The summed E-state index contributed by atoms with van der Waals surface area (Å²) in [5, 5.41) is 5.72. The van der Waals surface area contributed by atoms with Crippen molar-refractivity contribution in [2.75, 3.05) is 32.1 Å². The Balaban J connectivity index is 1.81. The predicted octanol–water partition coefficient (Wildman–Crippen LogP) is 0.510. The lowest BCUT2D eigenvalue weighted by Gasteiger charge is -2.14. The fraction of sp³-hybridized carbons (Fsp3) is 0.438. The number of likely N-dealkylation sites (tertiary alicyclic amines) is 1. The molecule has 1 aromatic rings. The zero-order valence-corrected chi connectivity index (χ0v) is 13.1. The van der Waals surface area contributed by atoms with Crippen molar-refractivity contribution in [1.29, 1.82) is 0 Å². The molecule has 7 heteroatoms. The number of benzene rings is 1. The van der Waals surface area contributed by atoms with Gasteiger partial charge in [-0.3, -0.25) is 19.3 Å². The van der Waals surface area contributed by atoms with Crippen LogP contribution in [-0.4, -0.2) is 49.4 Å². The maximum Gasteiger partial charge on any atom is 0.238 e. The molecular weight excluding hydrogens is 298 g/mol. The van der Waals surface area contributed by atoms with Gasteiger partial charge in [0.15, 0.2) is 0 Å². The second-order valence-corrected chi connectivity index (χ2v) is 5.29. The van der Waals surface area contributed by atoms with Crippen LogP contribution in [0.2, 0.25) is 0 Å². The van der Waals surface area contributed by atoms with Gasteiger partial charge in [-0.25, -0.2) is 0 Å². The van der Waals surface area contributed by atoms with Crippen LogP contribution in [0.4, 0.5) is 5.69 Å². The molecule has 0 unspecified atom stereocenters.